The van der Waals surface area contributed by atoms with Crippen molar-refractivity contribution in [1.29, 1.82) is 0 Å². The molecule has 0 aliphatic carbocycles. The molecular weight excluding hydrogens is 166 g/mol. The van der Waals surface area contributed by atoms with Crippen LogP contribution in [0.1, 0.15) is 25.6 Å². The van der Waals surface area contributed by atoms with Crippen LogP contribution >= 0.6 is 0 Å². The Labute approximate surface area is 78.7 Å². The average Bonchev–Trinajstić information content (AvgIpc) is 2.66. The van der Waals surface area contributed by atoms with Crippen LogP contribution in [-0.2, 0) is 4.74 Å². The highest BCUT2D eigenvalue weighted by atomic mass is 16.5. The molecule has 2 atom stereocenters. The number of rotatable bonds is 5. The van der Waals surface area contributed by atoms with E-state index in [9.17, 15) is 0 Å². The Morgan fingerprint density at radius 2 is 2.38 bits per heavy atom. The first kappa shape index (κ1) is 10.2. The van der Waals surface area contributed by atoms with Crippen LogP contribution in [0.3, 0.4) is 0 Å². The van der Waals surface area contributed by atoms with Gasteiger partial charge >= 0.3 is 0 Å². The summed E-state index contributed by atoms with van der Waals surface area (Å²) in [5.41, 5.74) is 1.10. The summed E-state index contributed by atoms with van der Waals surface area (Å²) < 4.78 is 5.13. The largest absolute Gasteiger partial charge is 0.380 e. The molecule has 13 heavy (non-hydrogen) atoms. The molecule has 1 heterocycles. The molecule has 0 fully saturated rings. The summed E-state index contributed by atoms with van der Waals surface area (Å²) in [4.78, 5) is 0. The predicted molar refractivity (Wildman–Crippen MR) is 51.5 cm³/mol. The van der Waals surface area contributed by atoms with Gasteiger partial charge in [-0.05, 0) is 19.9 Å². The van der Waals surface area contributed by atoms with Crippen molar-refractivity contribution in [2.75, 3.05) is 13.7 Å². The van der Waals surface area contributed by atoms with Gasteiger partial charge in [0, 0.05) is 25.9 Å². The van der Waals surface area contributed by atoms with Crippen LogP contribution in [0.2, 0.25) is 0 Å². The van der Waals surface area contributed by atoms with Gasteiger partial charge in [-0.2, -0.15) is 5.10 Å². The second-order valence-electron chi connectivity index (χ2n) is 3.19. The molecule has 0 amide bonds. The van der Waals surface area contributed by atoms with Crippen LogP contribution in [0.25, 0.3) is 0 Å². The number of hydrogen-bond donors (Lipinski definition) is 2. The fourth-order valence-electron chi connectivity index (χ4n) is 1.04. The van der Waals surface area contributed by atoms with Crippen LogP contribution in [-0.4, -0.2) is 30.0 Å². The zero-order valence-electron chi connectivity index (χ0n) is 8.37. The van der Waals surface area contributed by atoms with Crippen molar-refractivity contribution in [2.24, 2.45) is 0 Å². The number of nitrogens with one attached hydrogen (secondary N) is 2. The third-order valence-electron chi connectivity index (χ3n) is 2.10. The molecule has 4 nitrogen and oxygen atoms in total. The summed E-state index contributed by atoms with van der Waals surface area (Å²) in [6.07, 6.45) is 2.00. The molecular formula is C9H17N3O. The normalized spacial score (nSPS) is 15.6. The van der Waals surface area contributed by atoms with Crippen molar-refractivity contribution >= 4 is 0 Å². The molecule has 2 unspecified atom stereocenters. The lowest BCUT2D eigenvalue weighted by atomic mass is 10.2. The van der Waals surface area contributed by atoms with E-state index in [1.54, 1.807) is 13.3 Å². The summed E-state index contributed by atoms with van der Waals surface area (Å²) in [6.45, 7) is 4.97. The second-order valence-corrected chi connectivity index (χ2v) is 3.19. The van der Waals surface area contributed by atoms with Gasteiger partial charge in [-0.25, -0.2) is 0 Å². The Morgan fingerprint density at radius 1 is 1.62 bits per heavy atom. The van der Waals surface area contributed by atoms with Crippen LogP contribution in [0.15, 0.2) is 12.3 Å². The fourth-order valence-corrected chi connectivity index (χ4v) is 1.04. The highest BCUT2D eigenvalue weighted by molar-refractivity contribution is 5.02. The molecule has 1 rings (SSSR count). The van der Waals surface area contributed by atoms with Gasteiger partial charge in [0.15, 0.2) is 0 Å². The summed E-state index contributed by atoms with van der Waals surface area (Å²) in [5.74, 6) is 0. The molecule has 0 aliphatic heterocycles. The Morgan fingerprint density at radius 3 is 2.92 bits per heavy atom. The quantitative estimate of drug-likeness (QED) is 0.718. The van der Waals surface area contributed by atoms with E-state index in [0.717, 1.165) is 12.2 Å². The Bertz CT molecular complexity index is 223. The Hall–Kier alpha value is -0.870. The van der Waals surface area contributed by atoms with E-state index in [2.05, 4.69) is 22.4 Å². The maximum absolute atomic E-state index is 5.13. The summed E-state index contributed by atoms with van der Waals surface area (Å²) in [5, 5.41) is 10.2. The molecule has 0 aromatic carbocycles. The van der Waals surface area contributed by atoms with E-state index in [-0.39, 0.29) is 6.10 Å². The molecule has 0 radical (unpaired) electrons. The molecule has 0 aliphatic rings. The van der Waals surface area contributed by atoms with E-state index in [1.807, 2.05) is 13.0 Å². The smallest absolute Gasteiger partial charge is 0.0667 e. The first-order chi connectivity index (χ1) is 6.24. The third kappa shape index (κ3) is 3.16. The minimum absolute atomic E-state index is 0.241. The standard InChI is InChI=1S/C9H17N3O/c1-7(13-3)6-10-8(2)9-4-5-11-12-9/h4-5,7-8,10H,6H2,1-3H3,(H,11,12). The Kier molecular flexibility index (Phi) is 3.92. The van der Waals surface area contributed by atoms with Gasteiger partial charge in [0.2, 0.25) is 0 Å². The highest BCUT2D eigenvalue weighted by Crippen LogP contribution is 2.06. The van der Waals surface area contributed by atoms with Gasteiger partial charge < -0.3 is 10.1 Å². The number of hydrogen-bond acceptors (Lipinski definition) is 3. The molecule has 0 saturated carbocycles. The summed E-state index contributed by atoms with van der Waals surface area (Å²) in [6, 6.07) is 2.26. The lowest BCUT2D eigenvalue weighted by molar-refractivity contribution is 0.114. The van der Waals surface area contributed by atoms with Crippen LogP contribution in [0.4, 0.5) is 0 Å². The van der Waals surface area contributed by atoms with Crippen LogP contribution in [0.5, 0.6) is 0 Å². The van der Waals surface area contributed by atoms with Gasteiger partial charge in [0.25, 0.3) is 0 Å². The van der Waals surface area contributed by atoms with Crippen molar-refractivity contribution < 1.29 is 4.74 Å². The molecule has 1 aromatic heterocycles. The van der Waals surface area contributed by atoms with E-state index in [1.165, 1.54) is 0 Å². The minimum Gasteiger partial charge on any atom is -0.380 e. The topological polar surface area (TPSA) is 49.9 Å². The summed E-state index contributed by atoms with van der Waals surface area (Å²) >= 11 is 0. The molecule has 0 spiro atoms. The maximum Gasteiger partial charge on any atom is 0.0667 e. The first-order valence-electron chi connectivity index (χ1n) is 4.49. The van der Waals surface area contributed by atoms with Gasteiger partial charge in [0.1, 0.15) is 0 Å². The van der Waals surface area contributed by atoms with Crippen molar-refractivity contribution in [3.8, 4) is 0 Å². The predicted octanol–water partition coefficient (Wildman–Crippen LogP) is 1.10. The van der Waals surface area contributed by atoms with Crippen molar-refractivity contribution in [3.05, 3.63) is 18.0 Å². The zero-order chi connectivity index (χ0) is 9.68. The van der Waals surface area contributed by atoms with Crippen molar-refractivity contribution in [3.63, 3.8) is 0 Å². The molecule has 1 aromatic rings. The summed E-state index contributed by atoms with van der Waals surface area (Å²) in [7, 11) is 1.72. The van der Waals surface area contributed by atoms with Gasteiger partial charge in [0.05, 0.1) is 11.8 Å². The minimum atomic E-state index is 0.241. The lowest BCUT2D eigenvalue weighted by Crippen LogP contribution is -2.28. The highest BCUT2D eigenvalue weighted by Gasteiger charge is 2.07. The van der Waals surface area contributed by atoms with Crippen molar-refractivity contribution in [1.82, 2.24) is 15.5 Å². The molecule has 0 saturated heterocycles. The number of nitrogens with zero attached hydrogens (tertiary/aromatic N) is 1. The zero-order valence-corrected chi connectivity index (χ0v) is 8.37. The maximum atomic E-state index is 5.13. The van der Waals surface area contributed by atoms with Gasteiger partial charge in [-0.15, -0.1) is 0 Å². The molecule has 2 N–H and O–H groups in total. The fraction of sp³-hybridized carbons (Fsp3) is 0.667. The lowest BCUT2D eigenvalue weighted by Gasteiger charge is -2.15. The van der Waals surface area contributed by atoms with Crippen molar-refractivity contribution in [2.45, 2.75) is 26.0 Å². The molecule has 74 valence electrons. The van der Waals surface area contributed by atoms with Gasteiger partial charge in [-0.1, -0.05) is 0 Å². The monoisotopic (exact) mass is 183 g/mol. The van der Waals surface area contributed by atoms with E-state index < -0.39 is 0 Å². The molecule has 0 bridgehead atoms. The SMILES string of the molecule is COC(C)CNC(C)c1ccn[nH]1. The third-order valence-corrected chi connectivity index (χ3v) is 2.10. The number of aromatic nitrogens is 2. The average molecular weight is 183 g/mol. The first-order valence-corrected chi connectivity index (χ1v) is 4.49. The van der Waals surface area contributed by atoms with E-state index in [0.29, 0.717) is 6.04 Å². The van der Waals surface area contributed by atoms with Gasteiger partial charge in [-0.3, -0.25) is 5.10 Å². The second kappa shape index (κ2) is 4.99. The number of H-pyrrole nitrogens is 1. The van der Waals surface area contributed by atoms with Crippen LogP contribution < -0.4 is 5.32 Å². The van der Waals surface area contributed by atoms with E-state index >= 15 is 0 Å². The number of aromatic amines is 1. The van der Waals surface area contributed by atoms with E-state index in [4.69, 9.17) is 4.74 Å². The number of methoxy groups -OCH3 is 1. The number of ether oxygens (including phenoxy) is 1. The Balaban J connectivity index is 2.30. The molecule has 4 heteroatoms. The van der Waals surface area contributed by atoms with Crippen LogP contribution in [0, 0.1) is 0 Å².